The topological polar surface area (TPSA) is 170 Å². The molecule has 11 heteroatoms. The largest absolute Gasteiger partial charge is 2.00 e. The molecule has 0 aliphatic heterocycles. The van der Waals surface area contributed by atoms with Crippen molar-refractivity contribution in [3.05, 3.63) is 0 Å². The van der Waals surface area contributed by atoms with Crippen molar-refractivity contribution in [2.75, 3.05) is 24.6 Å². The first-order chi connectivity index (χ1) is 6.12. The summed E-state index contributed by atoms with van der Waals surface area (Å²) in [6, 6.07) is 0. The monoisotopic (exact) mass is 274 g/mol. The van der Waals surface area contributed by atoms with Gasteiger partial charge in [-0.2, -0.15) is 0 Å². The number of hydrogen-bond donors (Lipinski definition) is 2. The molecule has 0 aromatic carbocycles. The molecule has 8 nitrogen and oxygen atoms in total. The van der Waals surface area contributed by atoms with E-state index >= 15 is 0 Å². The van der Waals surface area contributed by atoms with Crippen molar-refractivity contribution in [1.29, 1.82) is 0 Å². The molecule has 0 rings (SSSR count). The van der Waals surface area contributed by atoms with Crippen molar-refractivity contribution < 1.29 is 37.4 Å². The van der Waals surface area contributed by atoms with Crippen LogP contribution in [0.3, 0.4) is 0 Å². The van der Waals surface area contributed by atoms with Crippen LogP contribution in [0.5, 0.6) is 0 Å². The van der Waals surface area contributed by atoms with E-state index in [2.05, 4.69) is 11.5 Å². The van der Waals surface area contributed by atoms with Gasteiger partial charge in [-0.05, 0) is 0 Å². The summed E-state index contributed by atoms with van der Waals surface area (Å²) in [5, 5.41) is 0. The smallest absolute Gasteiger partial charge is 0.748 e. The van der Waals surface area contributed by atoms with Crippen molar-refractivity contribution >= 4 is 43.3 Å². The Bertz CT molecular complexity index is 291. The number of quaternary nitrogens is 2. The van der Waals surface area contributed by atoms with Crippen LogP contribution in [0.1, 0.15) is 0 Å². The quantitative estimate of drug-likeness (QED) is 0.384. The van der Waals surface area contributed by atoms with E-state index in [1.165, 1.54) is 0 Å². The molecule has 0 bridgehead atoms. The first kappa shape index (κ1) is 20.9. The summed E-state index contributed by atoms with van der Waals surface area (Å²) < 4.78 is 57.8. The van der Waals surface area contributed by atoms with Crippen molar-refractivity contribution in [3.63, 3.8) is 0 Å². The van der Waals surface area contributed by atoms with E-state index in [1.807, 2.05) is 0 Å². The van der Waals surface area contributed by atoms with Crippen molar-refractivity contribution in [3.8, 4) is 0 Å². The Morgan fingerprint density at radius 3 is 1.00 bits per heavy atom. The minimum Gasteiger partial charge on any atom is -0.748 e. The van der Waals surface area contributed by atoms with Gasteiger partial charge in [-0.25, -0.2) is 16.8 Å². The molecule has 15 heavy (non-hydrogen) atoms. The molecule has 0 spiro atoms. The van der Waals surface area contributed by atoms with Crippen LogP contribution in [-0.4, -0.2) is 73.6 Å². The maximum atomic E-state index is 9.64. The summed E-state index contributed by atoms with van der Waals surface area (Å²) in [5.74, 6) is -0.708. The fourth-order valence-corrected chi connectivity index (χ4v) is 1.06. The zero-order valence-electron chi connectivity index (χ0n) is 8.22. The third kappa shape index (κ3) is 31.4. The molecule has 0 unspecified atom stereocenters. The first-order valence-corrected chi connectivity index (χ1v) is 6.73. The molecule has 0 aliphatic rings. The molecule has 0 radical (unpaired) electrons. The van der Waals surface area contributed by atoms with Crippen LogP contribution >= 0.6 is 0 Å². The molecule has 0 aliphatic carbocycles. The van der Waals surface area contributed by atoms with Gasteiger partial charge in [0.25, 0.3) is 0 Å². The fraction of sp³-hybridized carbons (Fsp3) is 1.00. The van der Waals surface area contributed by atoms with Gasteiger partial charge >= 0.3 is 23.1 Å². The molecule has 0 atom stereocenters. The second kappa shape index (κ2) is 9.71. The third-order valence-corrected chi connectivity index (χ3v) is 2.37. The van der Waals surface area contributed by atoms with Crippen molar-refractivity contribution in [1.82, 2.24) is 0 Å². The SMILES string of the molecule is [Mg+2].[NH3+]CCS(=O)(=O)[O-].[NH3+]CCS(=O)(=O)[O-]. The second-order valence-electron chi connectivity index (χ2n) is 2.23. The standard InChI is InChI=1S/2C2H7NO3S.Mg/c2*3-1-2-7(4,5)6;/h2*1-3H2,(H,4,5,6);/q;;+2. The minimum atomic E-state index is -3.99. The molecule has 0 amide bonds. The van der Waals surface area contributed by atoms with E-state index in [1.54, 1.807) is 0 Å². The normalized spacial score (nSPS) is 10.9. The van der Waals surface area contributed by atoms with Crippen LogP contribution in [0.2, 0.25) is 0 Å². The zero-order chi connectivity index (χ0) is 11.8. The molecule has 0 saturated carbocycles. The Kier molecular flexibility index (Phi) is 13.5. The Labute approximate surface area is 105 Å². The summed E-state index contributed by atoms with van der Waals surface area (Å²) >= 11 is 0. The van der Waals surface area contributed by atoms with Crippen LogP contribution in [0.15, 0.2) is 0 Å². The summed E-state index contributed by atoms with van der Waals surface area (Å²) in [4.78, 5) is 0. The Morgan fingerprint density at radius 2 is 1.00 bits per heavy atom. The van der Waals surface area contributed by atoms with Gasteiger partial charge in [0.15, 0.2) is 0 Å². The molecule has 6 N–H and O–H groups in total. The predicted octanol–water partition coefficient (Wildman–Crippen LogP) is -4.83. The zero-order valence-corrected chi connectivity index (χ0v) is 11.3. The third-order valence-electron chi connectivity index (χ3n) is 0.789. The van der Waals surface area contributed by atoms with Gasteiger partial charge in [0, 0.05) is 0 Å². The number of rotatable bonds is 4. The molecule has 0 saturated heterocycles. The number of hydrogen-bond acceptors (Lipinski definition) is 6. The van der Waals surface area contributed by atoms with Gasteiger partial charge < -0.3 is 20.6 Å². The van der Waals surface area contributed by atoms with Gasteiger partial charge in [0.05, 0.1) is 24.6 Å². The van der Waals surface area contributed by atoms with E-state index in [4.69, 9.17) is 0 Å². The van der Waals surface area contributed by atoms with E-state index in [0.717, 1.165) is 0 Å². The molecular formula is C4H14MgN2O6S2+2. The Morgan fingerprint density at radius 1 is 0.800 bits per heavy atom. The van der Waals surface area contributed by atoms with Gasteiger partial charge in [0.2, 0.25) is 0 Å². The van der Waals surface area contributed by atoms with Crippen molar-refractivity contribution in [2.24, 2.45) is 0 Å². The van der Waals surface area contributed by atoms with Gasteiger partial charge in [-0.15, -0.1) is 0 Å². The van der Waals surface area contributed by atoms with Crippen LogP contribution in [0.25, 0.3) is 0 Å². The predicted molar refractivity (Wildman–Crippen MR) is 50.4 cm³/mol. The summed E-state index contributed by atoms with van der Waals surface area (Å²) in [5.41, 5.74) is 6.38. The fourth-order valence-electron chi connectivity index (χ4n) is 0.354. The summed E-state index contributed by atoms with van der Waals surface area (Å²) in [6.07, 6.45) is 0. The average Bonchev–Trinajstić information content (AvgIpc) is 1.81. The van der Waals surface area contributed by atoms with Crippen LogP contribution < -0.4 is 11.5 Å². The Hall–Kier alpha value is 0.506. The molecule has 0 heterocycles. The van der Waals surface area contributed by atoms with Crippen LogP contribution in [-0.2, 0) is 20.2 Å². The van der Waals surface area contributed by atoms with E-state index < -0.39 is 20.2 Å². The first-order valence-electron chi connectivity index (χ1n) is 3.58. The second-order valence-corrected chi connectivity index (χ2v) is 5.28. The molecule has 88 valence electrons. The Balaban J connectivity index is -0.000000180. The molecule has 0 aromatic heterocycles. The summed E-state index contributed by atoms with van der Waals surface area (Å²) in [6.45, 7) is 0.317. The average molecular weight is 275 g/mol. The summed E-state index contributed by atoms with van der Waals surface area (Å²) in [7, 11) is -7.97. The van der Waals surface area contributed by atoms with E-state index in [-0.39, 0.29) is 47.6 Å². The maximum Gasteiger partial charge on any atom is 2.00 e. The minimum absolute atomic E-state index is 0. The molecular weight excluding hydrogens is 260 g/mol. The van der Waals surface area contributed by atoms with Gasteiger partial charge in [0.1, 0.15) is 20.2 Å². The van der Waals surface area contributed by atoms with E-state index in [0.29, 0.717) is 0 Å². The van der Waals surface area contributed by atoms with Gasteiger partial charge in [-0.3, -0.25) is 0 Å². The molecule has 0 aromatic rings. The van der Waals surface area contributed by atoms with Crippen molar-refractivity contribution in [2.45, 2.75) is 0 Å². The van der Waals surface area contributed by atoms with E-state index in [9.17, 15) is 25.9 Å². The van der Waals surface area contributed by atoms with Gasteiger partial charge in [-0.1, -0.05) is 0 Å². The molecule has 0 fully saturated rings. The maximum absolute atomic E-state index is 9.64. The van der Waals surface area contributed by atoms with Crippen LogP contribution in [0.4, 0.5) is 0 Å². The van der Waals surface area contributed by atoms with Crippen LogP contribution in [0, 0.1) is 0 Å².